The van der Waals surface area contributed by atoms with Crippen LogP contribution in [-0.4, -0.2) is 105 Å². The van der Waals surface area contributed by atoms with Gasteiger partial charge in [-0.25, -0.2) is 19.2 Å². The Morgan fingerprint density at radius 3 is 1.90 bits per heavy atom. The molecule has 2 N–H and O–H groups in total. The minimum Gasteiger partial charge on any atom is -0.465 e. The molecule has 0 bridgehead atoms. The van der Waals surface area contributed by atoms with Gasteiger partial charge in [-0.15, -0.1) is 0 Å². The molecule has 4 aromatic carbocycles. The molecule has 0 spiro atoms. The fourth-order valence-corrected chi connectivity index (χ4v) is 8.34. The second-order valence-electron chi connectivity index (χ2n) is 15.6. The van der Waals surface area contributed by atoms with Crippen LogP contribution in [0.15, 0.2) is 115 Å². The van der Waals surface area contributed by atoms with Crippen molar-refractivity contribution in [3.8, 4) is 0 Å². The molecule has 0 radical (unpaired) electrons. The largest absolute Gasteiger partial charge is 0.465 e. The highest BCUT2D eigenvalue weighted by atomic mass is 16.4. The number of oxazole rings is 2. The quantitative estimate of drug-likeness (QED) is 0.172. The van der Waals surface area contributed by atoms with E-state index in [1.165, 1.54) is 25.2 Å². The highest BCUT2D eigenvalue weighted by Gasteiger charge is 2.38. The fraction of sp³-hybridized carbons (Fsp3) is 0.378. The highest BCUT2D eigenvalue weighted by molar-refractivity contribution is 5.76. The van der Waals surface area contributed by atoms with E-state index in [1.807, 2.05) is 66.5 Å². The molecule has 14 heteroatoms. The molecule has 310 valence electrons. The van der Waals surface area contributed by atoms with E-state index < -0.39 is 11.8 Å². The number of rotatable bonds is 9. The first kappa shape index (κ1) is 41.1. The molecule has 2 aliphatic rings. The summed E-state index contributed by atoms with van der Waals surface area (Å²) in [5, 5.41) is 12.3. The number of carbonyl (C=O) groups is 2. The average Bonchev–Trinajstić information content (AvgIpc) is 3.69. The molecule has 4 heterocycles. The maximum atomic E-state index is 13.5. The molecule has 3 atom stereocenters. The Bertz CT molecular complexity index is 2490. The molecule has 2 saturated heterocycles. The minimum atomic E-state index is -0.902. The van der Waals surface area contributed by atoms with Crippen molar-refractivity contribution in [3.05, 3.63) is 140 Å². The molecule has 2 aliphatic heterocycles. The molecule has 6 aromatic rings. The first-order valence-corrected chi connectivity index (χ1v) is 20.2. The monoisotopic (exact) mass is 803 g/mol. The standard InChI is InChI=1S/C31H36N4O3.C14H17N3O4/c1-33-19-20-35(30(36)32-18-10-9-13-23-11-5-3-6-12-23)27(21-24-14-7-4-8-15-24)29(33)25-16-17-26-28(22-25)38-31(37)34(26)2;1-15-5-6-17(13(18)19)8-11(15)9-3-4-10-12(7-9)21-14(20)16(10)2/h3-8,11-12,14-17,22,27,29H,9-10,13,18-21H2,1-2H3,(H,32,36);3-4,7,11H,5-6,8H2,1-2H3,(H,18,19). The van der Waals surface area contributed by atoms with Crippen molar-refractivity contribution in [1.29, 1.82) is 0 Å². The number of benzene rings is 4. The van der Waals surface area contributed by atoms with Gasteiger partial charge >= 0.3 is 23.6 Å². The highest BCUT2D eigenvalue weighted by Crippen LogP contribution is 2.34. The molecular formula is C45H53N7O7. The van der Waals surface area contributed by atoms with Gasteiger partial charge in [0.2, 0.25) is 0 Å². The van der Waals surface area contributed by atoms with Gasteiger partial charge in [0.25, 0.3) is 0 Å². The normalized spacial score (nSPS) is 18.8. The molecule has 3 amide bonds. The Hall–Kier alpha value is -6.12. The van der Waals surface area contributed by atoms with Gasteiger partial charge in [0.05, 0.1) is 29.2 Å². The third-order valence-corrected chi connectivity index (χ3v) is 11.8. The van der Waals surface area contributed by atoms with E-state index in [0.29, 0.717) is 43.9 Å². The maximum absolute atomic E-state index is 13.5. The predicted octanol–water partition coefficient (Wildman–Crippen LogP) is 5.86. The maximum Gasteiger partial charge on any atom is 0.419 e. The molecule has 3 unspecified atom stereocenters. The molecule has 0 aliphatic carbocycles. The number of amides is 3. The van der Waals surface area contributed by atoms with Crippen LogP contribution < -0.4 is 16.8 Å². The summed E-state index contributed by atoms with van der Waals surface area (Å²) in [6.45, 7) is 3.66. The van der Waals surface area contributed by atoms with Gasteiger partial charge < -0.3 is 29.1 Å². The van der Waals surface area contributed by atoms with E-state index in [-0.39, 0.29) is 29.9 Å². The SMILES string of the molecule is CN1CCN(C(=O)NCCCCc2ccccc2)C(Cc2ccccc2)C1c1ccc2c(c1)oc(=O)n2C.CN1CCN(C(=O)O)CC1c1ccc2c(c1)oc(=O)n2C. The summed E-state index contributed by atoms with van der Waals surface area (Å²) in [7, 11) is 7.44. The van der Waals surface area contributed by atoms with Crippen LogP contribution >= 0.6 is 0 Å². The summed E-state index contributed by atoms with van der Waals surface area (Å²) in [5.74, 6) is -0.769. The molecule has 59 heavy (non-hydrogen) atoms. The second kappa shape index (κ2) is 18.2. The first-order chi connectivity index (χ1) is 28.5. The Kier molecular flexibility index (Phi) is 12.7. The van der Waals surface area contributed by atoms with E-state index in [4.69, 9.17) is 13.9 Å². The zero-order valence-corrected chi connectivity index (χ0v) is 34.1. The summed E-state index contributed by atoms with van der Waals surface area (Å²) in [4.78, 5) is 56.1. The van der Waals surface area contributed by atoms with E-state index in [0.717, 1.165) is 54.4 Å². The number of aromatic nitrogens is 2. The van der Waals surface area contributed by atoms with Crippen LogP contribution in [-0.2, 0) is 26.9 Å². The lowest BCUT2D eigenvalue weighted by atomic mass is 9.89. The van der Waals surface area contributed by atoms with Crippen molar-refractivity contribution in [2.75, 3.05) is 53.4 Å². The zero-order valence-electron chi connectivity index (χ0n) is 34.1. The Morgan fingerprint density at radius 2 is 1.27 bits per heavy atom. The number of hydrogen-bond acceptors (Lipinski definition) is 8. The third kappa shape index (κ3) is 9.29. The summed E-state index contributed by atoms with van der Waals surface area (Å²) in [6.07, 6.45) is 2.81. The molecule has 2 aromatic heterocycles. The third-order valence-electron chi connectivity index (χ3n) is 11.8. The average molecular weight is 804 g/mol. The lowest BCUT2D eigenvalue weighted by Gasteiger charge is -2.46. The number of piperazine rings is 2. The number of unbranched alkanes of at least 4 members (excludes halogenated alkanes) is 1. The second-order valence-corrected chi connectivity index (χ2v) is 15.6. The van der Waals surface area contributed by atoms with Crippen molar-refractivity contribution in [2.45, 2.75) is 43.8 Å². The van der Waals surface area contributed by atoms with Gasteiger partial charge in [-0.3, -0.25) is 18.9 Å². The van der Waals surface area contributed by atoms with Crippen LogP contribution in [0.1, 0.15) is 47.2 Å². The molecule has 2 fully saturated rings. The summed E-state index contributed by atoms with van der Waals surface area (Å²) in [5.41, 5.74) is 7.10. The van der Waals surface area contributed by atoms with Crippen molar-refractivity contribution >= 4 is 34.3 Å². The van der Waals surface area contributed by atoms with Gasteiger partial charge in [0.15, 0.2) is 11.2 Å². The summed E-state index contributed by atoms with van der Waals surface area (Å²) >= 11 is 0. The van der Waals surface area contributed by atoms with Crippen LogP contribution in [0.25, 0.3) is 22.2 Å². The zero-order chi connectivity index (χ0) is 41.6. The molecular weight excluding hydrogens is 751 g/mol. The van der Waals surface area contributed by atoms with Crippen LogP contribution in [0, 0.1) is 0 Å². The van der Waals surface area contributed by atoms with E-state index >= 15 is 0 Å². The van der Waals surface area contributed by atoms with Gasteiger partial charge in [0.1, 0.15) is 0 Å². The van der Waals surface area contributed by atoms with E-state index in [2.05, 4.69) is 64.6 Å². The summed E-state index contributed by atoms with van der Waals surface area (Å²) < 4.78 is 13.7. The van der Waals surface area contributed by atoms with Gasteiger partial charge in [-0.2, -0.15) is 0 Å². The number of urea groups is 1. The predicted molar refractivity (Wildman–Crippen MR) is 227 cm³/mol. The van der Waals surface area contributed by atoms with Gasteiger partial charge in [-0.1, -0.05) is 72.8 Å². The van der Waals surface area contributed by atoms with Crippen molar-refractivity contribution in [2.24, 2.45) is 14.1 Å². The molecule has 0 saturated carbocycles. The number of aryl methyl sites for hydroxylation is 3. The summed E-state index contributed by atoms with van der Waals surface area (Å²) in [6, 6.07) is 32.2. The number of nitrogens with one attached hydrogen (secondary N) is 1. The van der Waals surface area contributed by atoms with E-state index in [9.17, 15) is 19.2 Å². The van der Waals surface area contributed by atoms with Gasteiger partial charge in [-0.05, 0) is 86.3 Å². The minimum absolute atomic E-state index is 0.0175. The smallest absolute Gasteiger partial charge is 0.419 e. The number of carbonyl (C=O) groups excluding carboxylic acids is 1. The number of fused-ring (bicyclic) bond motifs is 2. The first-order valence-electron chi connectivity index (χ1n) is 20.2. The lowest BCUT2D eigenvalue weighted by Crippen LogP contribution is -2.58. The number of hydrogen-bond donors (Lipinski definition) is 2. The van der Waals surface area contributed by atoms with E-state index in [1.54, 1.807) is 14.1 Å². The van der Waals surface area contributed by atoms with Crippen molar-refractivity contribution in [3.63, 3.8) is 0 Å². The van der Waals surface area contributed by atoms with Crippen molar-refractivity contribution in [1.82, 2.24) is 34.1 Å². The molecule has 14 nitrogen and oxygen atoms in total. The van der Waals surface area contributed by atoms with Crippen molar-refractivity contribution < 1.29 is 23.5 Å². The van der Waals surface area contributed by atoms with Gasteiger partial charge in [0, 0.05) is 53.4 Å². The number of nitrogens with zero attached hydrogens (tertiary/aromatic N) is 6. The Balaban J connectivity index is 0.000000212. The van der Waals surface area contributed by atoms with Crippen LogP contribution in [0.4, 0.5) is 9.59 Å². The van der Waals surface area contributed by atoms with Crippen LogP contribution in [0.5, 0.6) is 0 Å². The van der Waals surface area contributed by atoms with Crippen LogP contribution in [0.3, 0.4) is 0 Å². The molecule has 8 rings (SSSR count). The fourth-order valence-electron chi connectivity index (χ4n) is 8.34. The lowest BCUT2D eigenvalue weighted by molar-refractivity contribution is 0.0562. The Morgan fingerprint density at radius 1 is 0.695 bits per heavy atom. The van der Waals surface area contributed by atoms with Crippen LogP contribution in [0.2, 0.25) is 0 Å². The topological polar surface area (TPSA) is 150 Å². The Labute approximate surface area is 342 Å². The number of likely N-dealkylation sites (N-methyl/N-ethyl adjacent to an activating group) is 2. The number of carboxylic acid groups (broad SMARTS) is 1.